The van der Waals surface area contributed by atoms with Crippen LogP contribution in [0.15, 0.2) is 41.8 Å². The Labute approximate surface area is 180 Å². The summed E-state index contributed by atoms with van der Waals surface area (Å²) in [5.41, 5.74) is -0.154. The lowest BCUT2D eigenvalue weighted by atomic mass is 9.90. The number of para-hydroxylation sites is 1. The van der Waals surface area contributed by atoms with Crippen molar-refractivity contribution in [3.8, 4) is 0 Å². The van der Waals surface area contributed by atoms with Crippen molar-refractivity contribution in [2.75, 3.05) is 5.32 Å². The summed E-state index contributed by atoms with van der Waals surface area (Å²) in [6.07, 6.45) is -1.52. The standard InChI is InChI=1S/C21H19ClF3N3OS/c22-12-9-18(30-11-12)20(29)27-14-7-5-13(6-8-14)26-17-10-19(21(23,24)25)28-16-4-2-1-3-15(16)17/h1-4,9-11,13-14H,5-8H2,(H,26,28)(H,27,29). The van der Waals surface area contributed by atoms with Gasteiger partial charge in [-0.2, -0.15) is 13.2 Å². The Balaban J connectivity index is 1.42. The van der Waals surface area contributed by atoms with Crippen molar-refractivity contribution in [2.45, 2.75) is 43.9 Å². The summed E-state index contributed by atoms with van der Waals surface area (Å²) in [5, 5.41) is 9.21. The summed E-state index contributed by atoms with van der Waals surface area (Å²) >= 11 is 7.17. The molecule has 0 bridgehead atoms. The van der Waals surface area contributed by atoms with Gasteiger partial charge in [0.1, 0.15) is 5.69 Å². The second-order valence-corrected chi connectivity index (χ2v) is 8.71. The highest BCUT2D eigenvalue weighted by Gasteiger charge is 2.34. The van der Waals surface area contributed by atoms with Gasteiger partial charge in [-0.05, 0) is 43.9 Å². The Morgan fingerprint density at radius 2 is 1.80 bits per heavy atom. The van der Waals surface area contributed by atoms with Crippen molar-refractivity contribution in [2.24, 2.45) is 0 Å². The number of nitrogens with zero attached hydrogens (tertiary/aromatic N) is 1. The highest BCUT2D eigenvalue weighted by molar-refractivity contribution is 7.12. The topological polar surface area (TPSA) is 54.0 Å². The summed E-state index contributed by atoms with van der Waals surface area (Å²) in [5.74, 6) is -0.141. The maximum absolute atomic E-state index is 13.3. The third-order valence-electron chi connectivity index (χ3n) is 5.22. The van der Waals surface area contributed by atoms with E-state index >= 15 is 0 Å². The van der Waals surface area contributed by atoms with Crippen molar-refractivity contribution in [1.82, 2.24) is 10.3 Å². The minimum absolute atomic E-state index is 0.0289. The summed E-state index contributed by atoms with van der Waals surface area (Å²) in [6.45, 7) is 0. The van der Waals surface area contributed by atoms with Crippen molar-refractivity contribution in [3.63, 3.8) is 0 Å². The first-order valence-corrected chi connectivity index (χ1v) is 10.8. The molecule has 30 heavy (non-hydrogen) atoms. The first kappa shape index (κ1) is 20.9. The van der Waals surface area contributed by atoms with Gasteiger partial charge in [0.2, 0.25) is 0 Å². The molecule has 2 aromatic heterocycles. The number of carbonyl (C=O) groups excluding carboxylic acids is 1. The second-order valence-electron chi connectivity index (χ2n) is 7.37. The quantitative estimate of drug-likeness (QED) is 0.500. The largest absolute Gasteiger partial charge is 0.433 e. The van der Waals surface area contributed by atoms with E-state index < -0.39 is 11.9 Å². The number of nitrogens with one attached hydrogen (secondary N) is 2. The fraction of sp³-hybridized carbons (Fsp3) is 0.333. The van der Waals surface area contributed by atoms with E-state index in [4.69, 9.17) is 11.6 Å². The number of anilines is 1. The van der Waals surface area contributed by atoms with Crippen LogP contribution in [-0.2, 0) is 6.18 Å². The normalized spacial score (nSPS) is 19.6. The van der Waals surface area contributed by atoms with Gasteiger partial charge in [-0.1, -0.05) is 29.8 Å². The van der Waals surface area contributed by atoms with Gasteiger partial charge in [-0.25, -0.2) is 4.98 Å². The SMILES string of the molecule is O=C(NC1CCC(Nc2cc(C(F)(F)F)nc3ccccc23)CC1)c1cc(Cl)cs1. The molecule has 0 saturated heterocycles. The Kier molecular flexibility index (Phi) is 5.88. The molecule has 1 saturated carbocycles. The molecule has 1 aliphatic rings. The van der Waals surface area contributed by atoms with Crippen LogP contribution in [0.2, 0.25) is 5.02 Å². The average molecular weight is 454 g/mol. The fourth-order valence-corrected chi connectivity index (χ4v) is 4.71. The van der Waals surface area contributed by atoms with Crippen LogP contribution < -0.4 is 10.6 Å². The molecule has 4 nitrogen and oxygen atoms in total. The summed E-state index contributed by atoms with van der Waals surface area (Å²) < 4.78 is 39.8. The lowest BCUT2D eigenvalue weighted by molar-refractivity contribution is -0.140. The number of benzene rings is 1. The number of fused-ring (bicyclic) bond motifs is 1. The predicted octanol–water partition coefficient (Wildman–Crippen LogP) is 6.12. The van der Waals surface area contributed by atoms with Crippen LogP contribution in [0.1, 0.15) is 41.0 Å². The van der Waals surface area contributed by atoms with E-state index in [1.807, 2.05) is 0 Å². The Bertz CT molecular complexity index is 1060. The number of carbonyl (C=O) groups is 1. The highest BCUT2D eigenvalue weighted by atomic mass is 35.5. The molecule has 0 aliphatic heterocycles. The third-order valence-corrected chi connectivity index (χ3v) is 6.50. The van der Waals surface area contributed by atoms with Gasteiger partial charge >= 0.3 is 6.18 Å². The molecule has 2 N–H and O–H groups in total. The zero-order valence-corrected chi connectivity index (χ0v) is 17.4. The monoisotopic (exact) mass is 453 g/mol. The maximum Gasteiger partial charge on any atom is 0.433 e. The van der Waals surface area contributed by atoms with E-state index in [9.17, 15) is 18.0 Å². The smallest absolute Gasteiger partial charge is 0.382 e. The minimum atomic E-state index is -4.51. The molecule has 3 aromatic rings. The number of thiophene rings is 1. The molecule has 2 heterocycles. The van der Waals surface area contributed by atoms with E-state index in [1.165, 1.54) is 11.3 Å². The molecular formula is C21H19ClF3N3OS. The first-order valence-electron chi connectivity index (χ1n) is 9.58. The average Bonchev–Trinajstić information content (AvgIpc) is 3.15. The van der Waals surface area contributed by atoms with E-state index in [-0.39, 0.29) is 18.0 Å². The molecule has 1 aliphatic carbocycles. The lowest BCUT2D eigenvalue weighted by Crippen LogP contribution is -2.40. The Morgan fingerprint density at radius 1 is 1.10 bits per heavy atom. The van der Waals surface area contributed by atoms with Gasteiger partial charge in [0.25, 0.3) is 5.91 Å². The van der Waals surface area contributed by atoms with Crippen molar-refractivity contribution in [1.29, 1.82) is 0 Å². The van der Waals surface area contributed by atoms with E-state index in [1.54, 1.807) is 35.7 Å². The summed E-state index contributed by atoms with van der Waals surface area (Å²) in [6, 6.07) is 9.59. The van der Waals surface area contributed by atoms with Crippen LogP contribution in [0.5, 0.6) is 0 Å². The minimum Gasteiger partial charge on any atom is -0.382 e. The molecule has 1 amide bonds. The number of pyridine rings is 1. The van der Waals surface area contributed by atoms with E-state index in [0.29, 0.717) is 26.5 Å². The molecule has 9 heteroatoms. The maximum atomic E-state index is 13.3. The van der Waals surface area contributed by atoms with Gasteiger partial charge in [-0.3, -0.25) is 4.79 Å². The molecule has 4 rings (SSSR count). The van der Waals surface area contributed by atoms with E-state index in [0.717, 1.165) is 31.7 Å². The Morgan fingerprint density at radius 3 is 2.47 bits per heavy atom. The summed E-state index contributed by atoms with van der Waals surface area (Å²) in [4.78, 5) is 16.6. The van der Waals surface area contributed by atoms with Crippen molar-refractivity contribution >= 4 is 45.4 Å². The number of alkyl halides is 3. The van der Waals surface area contributed by atoms with Gasteiger partial charge in [0, 0.05) is 28.5 Å². The summed E-state index contributed by atoms with van der Waals surface area (Å²) in [7, 11) is 0. The van der Waals surface area contributed by atoms with Crippen molar-refractivity contribution < 1.29 is 18.0 Å². The van der Waals surface area contributed by atoms with Crippen LogP contribution in [0.3, 0.4) is 0 Å². The number of aromatic nitrogens is 1. The molecule has 158 valence electrons. The Hall–Kier alpha value is -2.32. The zero-order valence-electron chi connectivity index (χ0n) is 15.8. The van der Waals surface area contributed by atoms with Crippen LogP contribution in [-0.4, -0.2) is 23.0 Å². The fourth-order valence-electron chi connectivity index (χ4n) is 3.73. The number of rotatable bonds is 4. The number of hydrogen-bond donors (Lipinski definition) is 2. The molecule has 1 fully saturated rings. The molecule has 0 unspecified atom stereocenters. The van der Waals surface area contributed by atoms with Gasteiger partial charge in [0.15, 0.2) is 0 Å². The molecule has 0 spiro atoms. The lowest BCUT2D eigenvalue weighted by Gasteiger charge is -2.30. The molecule has 1 aromatic carbocycles. The molecular weight excluding hydrogens is 435 g/mol. The number of amides is 1. The number of halogens is 4. The predicted molar refractivity (Wildman–Crippen MR) is 113 cm³/mol. The van der Waals surface area contributed by atoms with Crippen LogP contribution in [0.4, 0.5) is 18.9 Å². The van der Waals surface area contributed by atoms with Gasteiger partial charge in [0.05, 0.1) is 15.4 Å². The van der Waals surface area contributed by atoms with Crippen molar-refractivity contribution in [3.05, 3.63) is 57.4 Å². The van der Waals surface area contributed by atoms with Crippen LogP contribution in [0, 0.1) is 0 Å². The molecule has 0 radical (unpaired) electrons. The van der Waals surface area contributed by atoms with Gasteiger partial charge in [-0.15, -0.1) is 11.3 Å². The van der Waals surface area contributed by atoms with Crippen LogP contribution >= 0.6 is 22.9 Å². The number of hydrogen-bond acceptors (Lipinski definition) is 4. The third kappa shape index (κ3) is 4.70. The van der Waals surface area contributed by atoms with Gasteiger partial charge < -0.3 is 10.6 Å². The van der Waals surface area contributed by atoms with Crippen LogP contribution in [0.25, 0.3) is 10.9 Å². The highest BCUT2D eigenvalue weighted by Crippen LogP contribution is 2.34. The zero-order chi connectivity index (χ0) is 21.3. The molecule has 0 atom stereocenters. The second kappa shape index (κ2) is 8.43. The first-order chi connectivity index (χ1) is 14.3. The van der Waals surface area contributed by atoms with E-state index in [2.05, 4.69) is 15.6 Å².